The van der Waals surface area contributed by atoms with Crippen molar-refractivity contribution in [3.8, 4) is 11.1 Å². The van der Waals surface area contributed by atoms with Crippen LogP contribution < -0.4 is 11.5 Å². The van der Waals surface area contributed by atoms with Crippen molar-refractivity contribution >= 4 is 11.6 Å². The minimum atomic E-state index is -4.51. The minimum Gasteiger partial charge on any atom is -0.326 e. The van der Waals surface area contributed by atoms with Gasteiger partial charge in [-0.05, 0) is 29.7 Å². The van der Waals surface area contributed by atoms with Gasteiger partial charge in [-0.25, -0.2) is 0 Å². The Hall–Kier alpha value is -1.56. The fourth-order valence-corrected chi connectivity index (χ4v) is 2.67. The lowest BCUT2D eigenvalue weighted by Gasteiger charge is -2.17. The topological polar surface area (TPSA) is 52.0 Å². The van der Waals surface area contributed by atoms with Crippen LogP contribution in [-0.2, 0) is 12.7 Å². The monoisotopic (exact) mass is 328 g/mol. The van der Waals surface area contributed by atoms with E-state index in [9.17, 15) is 13.2 Å². The van der Waals surface area contributed by atoms with Gasteiger partial charge in [-0.3, -0.25) is 0 Å². The van der Waals surface area contributed by atoms with Crippen molar-refractivity contribution in [1.29, 1.82) is 0 Å². The van der Waals surface area contributed by atoms with Gasteiger partial charge >= 0.3 is 6.18 Å². The van der Waals surface area contributed by atoms with Gasteiger partial charge in [0.05, 0.1) is 10.6 Å². The molecule has 0 fully saturated rings. The smallest absolute Gasteiger partial charge is 0.326 e. The minimum absolute atomic E-state index is 0.0994. The van der Waals surface area contributed by atoms with Crippen molar-refractivity contribution in [2.24, 2.45) is 11.5 Å². The molecule has 1 atom stereocenters. The van der Waals surface area contributed by atoms with Crippen molar-refractivity contribution in [2.75, 3.05) is 0 Å². The summed E-state index contributed by atoms with van der Waals surface area (Å²) in [5.41, 5.74) is 12.9. The van der Waals surface area contributed by atoms with Crippen LogP contribution in [0.1, 0.15) is 29.7 Å². The zero-order chi connectivity index (χ0) is 16.5. The van der Waals surface area contributed by atoms with E-state index in [0.29, 0.717) is 16.7 Å². The summed E-state index contributed by atoms with van der Waals surface area (Å²) in [5, 5.41) is -0.330. The molecule has 0 aromatic heterocycles. The Bertz CT molecular complexity index is 664. The summed E-state index contributed by atoms with van der Waals surface area (Å²) in [7, 11) is 0. The van der Waals surface area contributed by atoms with E-state index in [4.69, 9.17) is 23.1 Å². The highest BCUT2D eigenvalue weighted by Gasteiger charge is 2.34. The second-order valence-electron chi connectivity index (χ2n) is 5.07. The summed E-state index contributed by atoms with van der Waals surface area (Å²) in [6.45, 7) is 1.93. The molecular formula is C16H16ClF3N2. The molecule has 22 heavy (non-hydrogen) atoms. The van der Waals surface area contributed by atoms with Crippen molar-refractivity contribution in [3.05, 3.63) is 58.1 Å². The average molecular weight is 329 g/mol. The third kappa shape index (κ3) is 3.27. The second kappa shape index (κ2) is 6.28. The summed E-state index contributed by atoms with van der Waals surface area (Å²) in [6.07, 6.45) is -4.51. The Morgan fingerprint density at radius 3 is 2.14 bits per heavy atom. The van der Waals surface area contributed by atoms with E-state index >= 15 is 0 Å². The second-order valence-corrected chi connectivity index (χ2v) is 5.45. The molecule has 0 amide bonds. The molecule has 0 saturated heterocycles. The van der Waals surface area contributed by atoms with Crippen LogP contribution in [0.25, 0.3) is 11.1 Å². The van der Waals surface area contributed by atoms with E-state index in [1.807, 2.05) is 6.92 Å². The number of nitrogens with two attached hydrogens (primary N) is 2. The van der Waals surface area contributed by atoms with Crippen LogP contribution in [0, 0.1) is 0 Å². The summed E-state index contributed by atoms with van der Waals surface area (Å²) in [6, 6.07) is 9.14. The van der Waals surface area contributed by atoms with E-state index in [1.54, 1.807) is 24.3 Å². The maximum Gasteiger partial charge on any atom is 0.417 e. The van der Waals surface area contributed by atoms with Gasteiger partial charge in [0.25, 0.3) is 0 Å². The Morgan fingerprint density at radius 1 is 1.09 bits per heavy atom. The lowest BCUT2D eigenvalue weighted by atomic mass is 9.95. The van der Waals surface area contributed by atoms with E-state index in [2.05, 4.69) is 0 Å². The Balaban J connectivity index is 2.62. The molecule has 6 heteroatoms. The summed E-state index contributed by atoms with van der Waals surface area (Å²) in [5.74, 6) is 0. The number of halogens is 4. The molecule has 0 aliphatic heterocycles. The lowest BCUT2D eigenvalue weighted by Crippen LogP contribution is -2.09. The molecule has 118 valence electrons. The van der Waals surface area contributed by atoms with E-state index in [1.165, 1.54) is 6.07 Å². The molecule has 2 nitrogen and oxygen atoms in total. The molecule has 2 rings (SSSR count). The highest BCUT2D eigenvalue weighted by Crippen LogP contribution is 2.41. The molecule has 0 unspecified atom stereocenters. The first-order valence-electron chi connectivity index (χ1n) is 6.70. The van der Waals surface area contributed by atoms with Crippen LogP contribution in [0.3, 0.4) is 0 Å². The number of hydrogen-bond donors (Lipinski definition) is 2. The van der Waals surface area contributed by atoms with Crippen LogP contribution in [-0.4, -0.2) is 0 Å². The van der Waals surface area contributed by atoms with E-state index < -0.39 is 11.7 Å². The van der Waals surface area contributed by atoms with Gasteiger partial charge in [0.2, 0.25) is 0 Å². The molecule has 0 saturated carbocycles. The van der Waals surface area contributed by atoms with Gasteiger partial charge in [-0.15, -0.1) is 0 Å². The average Bonchev–Trinajstić information content (AvgIpc) is 2.45. The molecule has 0 aliphatic rings. The highest BCUT2D eigenvalue weighted by atomic mass is 35.5. The molecule has 2 aromatic carbocycles. The van der Waals surface area contributed by atoms with Gasteiger partial charge in [-0.2, -0.15) is 13.2 Å². The maximum atomic E-state index is 13.0. The molecular weight excluding hydrogens is 313 g/mol. The van der Waals surface area contributed by atoms with E-state index in [0.717, 1.165) is 11.6 Å². The van der Waals surface area contributed by atoms with Crippen LogP contribution in [0.15, 0.2) is 36.4 Å². The third-order valence-corrected chi connectivity index (χ3v) is 3.87. The van der Waals surface area contributed by atoms with Crippen molar-refractivity contribution in [2.45, 2.75) is 25.7 Å². The SMILES string of the molecule is C[C@@H](N)c1ccc(-c2c(CN)ccc(C(F)(F)F)c2Cl)cc1. The lowest BCUT2D eigenvalue weighted by molar-refractivity contribution is -0.137. The number of rotatable bonds is 3. The van der Waals surface area contributed by atoms with Gasteiger partial charge < -0.3 is 11.5 Å². The molecule has 0 aliphatic carbocycles. The quantitative estimate of drug-likeness (QED) is 0.871. The molecule has 4 N–H and O–H groups in total. The highest BCUT2D eigenvalue weighted by molar-refractivity contribution is 6.34. The van der Waals surface area contributed by atoms with Gasteiger partial charge in [-0.1, -0.05) is 41.9 Å². The van der Waals surface area contributed by atoms with Gasteiger partial charge in [0.15, 0.2) is 0 Å². The number of alkyl halides is 3. The van der Waals surface area contributed by atoms with Gasteiger partial charge in [0, 0.05) is 18.2 Å². The van der Waals surface area contributed by atoms with Crippen molar-refractivity contribution in [3.63, 3.8) is 0 Å². The molecule has 0 spiro atoms. The summed E-state index contributed by atoms with van der Waals surface area (Å²) >= 11 is 6.01. The summed E-state index contributed by atoms with van der Waals surface area (Å²) in [4.78, 5) is 0. The largest absolute Gasteiger partial charge is 0.417 e. The first-order valence-corrected chi connectivity index (χ1v) is 7.08. The molecule has 0 bridgehead atoms. The molecule has 0 radical (unpaired) electrons. The fourth-order valence-electron chi connectivity index (χ4n) is 2.27. The summed E-state index contributed by atoms with van der Waals surface area (Å²) < 4.78 is 39.1. The maximum absolute atomic E-state index is 13.0. The molecule has 0 heterocycles. The van der Waals surface area contributed by atoms with E-state index in [-0.39, 0.29) is 17.6 Å². The van der Waals surface area contributed by atoms with Gasteiger partial charge in [0.1, 0.15) is 0 Å². The predicted octanol–water partition coefficient (Wildman–Crippen LogP) is 4.50. The first kappa shape index (κ1) is 16.8. The number of hydrogen-bond acceptors (Lipinski definition) is 2. The first-order chi connectivity index (χ1) is 10.3. The number of benzene rings is 2. The molecule has 2 aromatic rings. The van der Waals surface area contributed by atoms with Crippen LogP contribution in [0.4, 0.5) is 13.2 Å². The third-order valence-electron chi connectivity index (χ3n) is 3.48. The zero-order valence-corrected chi connectivity index (χ0v) is 12.7. The standard InChI is InChI=1S/C16H16ClF3N2/c1-9(22)10-2-4-11(5-3-10)14-12(8-21)6-7-13(15(14)17)16(18,19)20/h2-7,9H,8,21-22H2,1H3/t9-/m1/s1. The Labute approximate surface area is 131 Å². The Kier molecular flexibility index (Phi) is 4.80. The van der Waals surface area contributed by atoms with Crippen LogP contribution in [0.5, 0.6) is 0 Å². The van der Waals surface area contributed by atoms with Crippen molar-refractivity contribution < 1.29 is 13.2 Å². The Morgan fingerprint density at radius 2 is 1.68 bits per heavy atom. The fraction of sp³-hybridized carbons (Fsp3) is 0.250. The zero-order valence-electron chi connectivity index (χ0n) is 11.9. The normalized spacial score (nSPS) is 13.2. The van der Waals surface area contributed by atoms with Crippen LogP contribution in [0.2, 0.25) is 5.02 Å². The predicted molar refractivity (Wildman–Crippen MR) is 82.4 cm³/mol. The van der Waals surface area contributed by atoms with Crippen LogP contribution >= 0.6 is 11.6 Å². The van der Waals surface area contributed by atoms with Crippen molar-refractivity contribution in [1.82, 2.24) is 0 Å².